The van der Waals surface area contributed by atoms with Gasteiger partial charge in [0.1, 0.15) is 0 Å². The standard InChI is InChI=1S/C8H8.C4H5NO3.C4H4O4.H3N/c1-2-8-6-4-3-5-7-8;2*5-3(6)1-2-4(7)8;/h2-7H,1H2;1-2H,(H2,5,6)(H,7,8);1-2H,(H,5,6)(H,7,8);1H3/b;2*2-1-;. The molecule has 25 heavy (non-hydrogen) atoms. The molecule has 0 aromatic heterocycles. The van der Waals surface area contributed by atoms with Crippen LogP contribution in [0.3, 0.4) is 0 Å². The van der Waals surface area contributed by atoms with Gasteiger partial charge in [0.15, 0.2) is 0 Å². The molecule has 9 heteroatoms. The number of hydrogen-bond donors (Lipinski definition) is 5. The number of nitrogens with two attached hydrogens (primary N) is 1. The van der Waals surface area contributed by atoms with Crippen molar-refractivity contribution < 1.29 is 34.5 Å². The molecule has 0 radical (unpaired) electrons. The monoisotopic (exact) mass is 352 g/mol. The first-order valence-electron chi connectivity index (χ1n) is 6.20. The molecule has 0 aliphatic heterocycles. The Bertz CT molecular complexity index is 557. The Balaban J connectivity index is -0.000000285. The highest BCUT2D eigenvalue weighted by atomic mass is 16.4. The van der Waals surface area contributed by atoms with Crippen molar-refractivity contribution in [2.75, 3.05) is 0 Å². The van der Waals surface area contributed by atoms with Gasteiger partial charge in [0.25, 0.3) is 0 Å². The molecule has 1 aromatic rings. The summed E-state index contributed by atoms with van der Waals surface area (Å²) in [4.78, 5) is 38.5. The Hall–Kier alpha value is -3.72. The fourth-order valence-electron chi connectivity index (χ4n) is 0.885. The van der Waals surface area contributed by atoms with Crippen molar-refractivity contribution in [1.82, 2.24) is 6.15 Å². The second-order valence-electron chi connectivity index (χ2n) is 3.70. The van der Waals surface area contributed by atoms with Crippen molar-refractivity contribution in [3.8, 4) is 0 Å². The molecule has 0 unspecified atom stereocenters. The fraction of sp³-hybridized carbons (Fsp3) is 0. The van der Waals surface area contributed by atoms with Crippen LogP contribution < -0.4 is 11.9 Å². The first-order valence-corrected chi connectivity index (χ1v) is 6.20. The summed E-state index contributed by atoms with van der Waals surface area (Å²) in [5, 5.41) is 23.5. The van der Waals surface area contributed by atoms with Crippen molar-refractivity contribution in [3.63, 3.8) is 0 Å². The molecule has 0 atom stereocenters. The van der Waals surface area contributed by atoms with E-state index in [0.29, 0.717) is 18.2 Å². The molecule has 9 nitrogen and oxygen atoms in total. The van der Waals surface area contributed by atoms with Crippen LogP contribution in [0, 0.1) is 0 Å². The molecule has 1 aromatic carbocycles. The summed E-state index contributed by atoms with van der Waals surface area (Å²) in [6, 6.07) is 10.0. The van der Waals surface area contributed by atoms with Gasteiger partial charge in [-0.1, -0.05) is 43.0 Å². The third-order valence-corrected chi connectivity index (χ3v) is 1.79. The average molecular weight is 352 g/mol. The van der Waals surface area contributed by atoms with Gasteiger partial charge in [0.2, 0.25) is 5.91 Å². The second kappa shape index (κ2) is 16.6. The van der Waals surface area contributed by atoms with Gasteiger partial charge in [0, 0.05) is 24.3 Å². The molecule has 0 saturated carbocycles. The normalized spacial score (nSPS) is 8.80. The SMILES string of the molecule is C=Cc1ccccc1.N.NC(=O)/C=C\C(=O)O.O=C(O)/C=C\C(=O)O. The third-order valence-electron chi connectivity index (χ3n) is 1.79. The van der Waals surface area contributed by atoms with Crippen molar-refractivity contribution in [2.45, 2.75) is 0 Å². The van der Waals surface area contributed by atoms with Crippen LogP contribution in [0.5, 0.6) is 0 Å². The Labute approximate surface area is 144 Å². The molecule has 0 spiro atoms. The third kappa shape index (κ3) is 25.6. The van der Waals surface area contributed by atoms with Gasteiger partial charge in [-0.25, -0.2) is 14.4 Å². The van der Waals surface area contributed by atoms with E-state index in [2.05, 4.69) is 12.3 Å². The predicted molar refractivity (Wildman–Crippen MR) is 91.9 cm³/mol. The van der Waals surface area contributed by atoms with E-state index in [4.69, 9.17) is 15.3 Å². The molecule has 0 bridgehead atoms. The number of carbonyl (C=O) groups is 4. The van der Waals surface area contributed by atoms with Crippen LogP contribution in [0.15, 0.2) is 61.2 Å². The highest BCUT2D eigenvalue weighted by Crippen LogP contribution is 1.97. The highest BCUT2D eigenvalue weighted by molar-refractivity contribution is 5.92. The lowest BCUT2D eigenvalue weighted by atomic mass is 10.2. The quantitative estimate of drug-likeness (QED) is 0.490. The Morgan fingerprint density at radius 2 is 1.16 bits per heavy atom. The van der Waals surface area contributed by atoms with Crippen molar-refractivity contribution >= 4 is 29.9 Å². The zero-order valence-corrected chi connectivity index (χ0v) is 13.2. The van der Waals surface area contributed by atoms with Crippen molar-refractivity contribution in [2.24, 2.45) is 5.73 Å². The molecule has 8 N–H and O–H groups in total. The smallest absolute Gasteiger partial charge is 0.328 e. The topological polar surface area (TPSA) is 190 Å². The molecule has 1 rings (SSSR count). The van der Waals surface area contributed by atoms with Crippen molar-refractivity contribution in [3.05, 3.63) is 66.8 Å². The zero-order valence-electron chi connectivity index (χ0n) is 13.2. The summed E-state index contributed by atoms with van der Waals surface area (Å²) in [5.41, 5.74) is 5.73. The summed E-state index contributed by atoms with van der Waals surface area (Å²) in [6.07, 6.45) is 4.41. The van der Waals surface area contributed by atoms with E-state index in [0.717, 1.165) is 6.08 Å². The lowest BCUT2D eigenvalue weighted by Crippen LogP contribution is -2.06. The first kappa shape index (κ1) is 26.2. The molecule has 0 aliphatic rings. The van der Waals surface area contributed by atoms with Crippen LogP contribution in [0.4, 0.5) is 0 Å². The minimum atomic E-state index is -1.26. The number of carboxylic acids is 3. The summed E-state index contributed by atoms with van der Waals surface area (Å²) in [5.74, 6) is -4.45. The van der Waals surface area contributed by atoms with Gasteiger partial charge in [-0.2, -0.15) is 0 Å². The number of carboxylic acid groups (broad SMARTS) is 3. The molecule has 0 aliphatic carbocycles. The Morgan fingerprint density at radius 1 is 0.800 bits per heavy atom. The van der Waals surface area contributed by atoms with Crippen LogP contribution in [-0.2, 0) is 19.2 Å². The molecule has 1 amide bonds. The van der Waals surface area contributed by atoms with Gasteiger partial charge < -0.3 is 27.2 Å². The van der Waals surface area contributed by atoms with Gasteiger partial charge in [0.05, 0.1) is 0 Å². The molecular formula is C16H20N2O7. The van der Waals surface area contributed by atoms with Crippen LogP contribution in [-0.4, -0.2) is 39.1 Å². The average Bonchev–Trinajstić information content (AvgIpc) is 2.53. The second-order valence-corrected chi connectivity index (χ2v) is 3.70. The van der Waals surface area contributed by atoms with E-state index in [1.807, 2.05) is 36.4 Å². The molecular weight excluding hydrogens is 332 g/mol. The van der Waals surface area contributed by atoms with E-state index < -0.39 is 23.8 Å². The van der Waals surface area contributed by atoms with Gasteiger partial charge in [-0.3, -0.25) is 4.79 Å². The minimum absolute atomic E-state index is 0. The van der Waals surface area contributed by atoms with Gasteiger partial charge in [-0.05, 0) is 5.56 Å². The predicted octanol–water partition coefficient (Wildman–Crippen LogP) is 1.32. The molecule has 0 saturated heterocycles. The largest absolute Gasteiger partial charge is 0.478 e. The van der Waals surface area contributed by atoms with E-state index in [1.54, 1.807) is 0 Å². The first-order chi connectivity index (χ1) is 11.2. The van der Waals surface area contributed by atoms with Crippen molar-refractivity contribution in [1.29, 1.82) is 0 Å². The number of carbonyl (C=O) groups excluding carboxylic acids is 1. The van der Waals surface area contributed by atoms with Gasteiger partial charge >= 0.3 is 17.9 Å². The van der Waals surface area contributed by atoms with E-state index >= 15 is 0 Å². The zero-order chi connectivity index (χ0) is 19.0. The summed E-state index contributed by atoms with van der Waals surface area (Å²) >= 11 is 0. The molecule has 0 heterocycles. The van der Waals surface area contributed by atoms with E-state index in [1.165, 1.54) is 5.56 Å². The number of aliphatic carboxylic acids is 3. The number of primary amides is 1. The van der Waals surface area contributed by atoms with Crippen LogP contribution in [0.25, 0.3) is 6.08 Å². The summed E-state index contributed by atoms with van der Waals surface area (Å²) < 4.78 is 0. The lowest BCUT2D eigenvalue weighted by molar-refractivity contribution is -0.134. The van der Waals surface area contributed by atoms with Crippen LogP contribution >= 0.6 is 0 Å². The van der Waals surface area contributed by atoms with Crippen LogP contribution in [0.1, 0.15) is 5.56 Å². The Kier molecular flexibility index (Phi) is 17.4. The van der Waals surface area contributed by atoms with Crippen LogP contribution in [0.2, 0.25) is 0 Å². The number of amides is 1. The molecule has 136 valence electrons. The van der Waals surface area contributed by atoms with E-state index in [-0.39, 0.29) is 6.15 Å². The minimum Gasteiger partial charge on any atom is -0.478 e. The maximum atomic E-state index is 9.78. The highest BCUT2D eigenvalue weighted by Gasteiger charge is 1.88. The molecule has 0 fully saturated rings. The number of hydrogen-bond acceptors (Lipinski definition) is 5. The maximum absolute atomic E-state index is 9.78. The van der Waals surface area contributed by atoms with E-state index in [9.17, 15) is 19.2 Å². The summed E-state index contributed by atoms with van der Waals surface area (Å²) in [7, 11) is 0. The lowest BCUT2D eigenvalue weighted by Gasteiger charge is -1.85. The number of benzene rings is 1. The number of rotatable bonds is 5. The Morgan fingerprint density at radius 3 is 1.36 bits per heavy atom. The van der Waals surface area contributed by atoms with Gasteiger partial charge in [-0.15, -0.1) is 0 Å². The fourth-order valence-corrected chi connectivity index (χ4v) is 0.885. The maximum Gasteiger partial charge on any atom is 0.328 e. The summed E-state index contributed by atoms with van der Waals surface area (Å²) in [6.45, 7) is 3.63.